The number of nitrogens with zero attached hydrogens (tertiary/aromatic N) is 1. The molecular weight excluding hydrogens is 497 g/mol. The van der Waals surface area contributed by atoms with Crippen molar-refractivity contribution in [1.82, 2.24) is 4.90 Å². The summed E-state index contributed by atoms with van der Waals surface area (Å²) in [4.78, 5) is 26.8. The van der Waals surface area contributed by atoms with Crippen LogP contribution in [-0.4, -0.2) is 37.8 Å². The van der Waals surface area contributed by atoms with Crippen LogP contribution >= 0.6 is 0 Å². The largest absolute Gasteiger partial charge is 0.462 e. The van der Waals surface area contributed by atoms with E-state index in [1.807, 2.05) is 6.92 Å². The number of rotatable bonds is 11. The molecule has 1 aliphatic carbocycles. The molecule has 7 nitrogen and oxygen atoms in total. The predicted molar refractivity (Wildman–Crippen MR) is 135 cm³/mol. The van der Waals surface area contributed by atoms with E-state index in [1.54, 1.807) is 29.2 Å². The van der Waals surface area contributed by atoms with Gasteiger partial charge in [0.1, 0.15) is 16.5 Å². The van der Waals surface area contributed by atoms with Crippen molar-refractivity contribution in [3.05, 3.63) is 95.3 Å². The number of benzene rings is 3. The second-order valence-corrected chi connectivity index (χ2v) is 10.3. The van der Waals surface area contributed by atoms with Gasteiger partial charge >= 0.3 is 16.1 Å². The second-order valence-electron chi connectivity index (χ2n) is 8.81. The highest BCUT2D eigenvalue weighted by molar-refractivity contribution is 7.87. The van der Waals surface area contributed by atoms with Crippen LogP contribution in [0, 0.1) is 5.82 Å². The maximum atomic E-state index is 14.2. The first-order valence-corrected chi connectivity index (χ1v) is 13.6. The molecule has 0 N–H and O–H groups in total. The zero-order valence-corrected chi connectivity index (χ0v) is 21.2. The van der Waals surface area contributed by atoms with Gasteiger partial charge in [-0.3, -0.25) is 4.79 Å². The van der Waals surface area contributed by atoms with E-state index < -0.39 is 21.9 Å². The van der Waals surface area contributed by atoms with Crippen LogP contribution in [0.4, 0.5) is 4.39 Å². The standard InChI is InChI=1S/C28H28FNO6S/c1-2-3-18-35-28(32)24-9-5-7-11-26(24)37(33,34)36-22-16-12-20(13-17-22)19-30(21-14-15-21)27(31)23-8-4-6-10-25(23)29/h4-13,16-17,21H,2-3,14-15,18-19H2,1H3. The van der Waals surface area contributed by atoms with Gasteiger partial charge in [0, 0.05) is 12.6 Å². The molecule has 1 aliphatic rings. The van der Waals surface area contributed by atoms with E-state index in [0.717, 1.165) is 24.8 Å². The number of ether oxygens (including phenoxy) is 1. The molecule has 0 radical (unpaired) electrons. The van der Waals surface area contributed by atoms with Gasteiger partial charge in [0.2, 0.25) is 0 Å². The lowest BCUT2D eigenvalue weighted by Gasteiger charge is -2.23. The Morgan fingerprint density at radius 1 is 0.946 bits per heavy atom. The summed E-state index contributed by atoms with van der Waals surface area (Å²) in [6, 6.07) is 17.9. The highest BCUT2D eigenvalue weighted by Gasteiger charge is 2.34. The highest BCUT2D eigenvalue weighted by Crippen LogP contribution is 2.31. The average Bonchev–Trinajstić information content (AvgIpc) is 3.73. The minimum atomic E-state index is -4.32. The zero-order chi connectivity index (χ0) is 26.4. The van der Waals surface area contributed by atoms with E-state index in [0.29, 0.717) is 6.42 Å². The maximum Gasteiger partial charge on any atom is 0.340 e. The van der Waals surface area contributed by atoms with E-state index >= 15 is 0 Å². The van der Waals surface area contributed by atoms with Crippen molar-refractivity contribution in [2.75, 3.05) is 6.61 Å². The minimum absolute atomic E-state index is 0.0207. The van der Waals surface area contributed by atoms with Crippen molar-refractivity contribution in [3.8, 4) is 5.75 Å². The van der Waals surface area contributed by atoms with Crippen molar-refractivity contribution in [3.63, 3.8) is 0 Å². The van der Waals surface area contributed by atoms with Gasteiger partial charge in [0.15, 0.2) is 0 Å². The van der Waals surface area contributed by atoms with Crippen molar-refractivity contribution < 1.29 is 31.3 Å². The van der Waals surface area contributed by atoms with E-state index in [1.165, 1.54) is 48.5 Å². The van der Waals surface area contributed by atoms with Crippen LogP contribution < -0.4 is 4.18 Å². The molecule has 1 fully saturated rings. The molecule has 4 rings (SSSR count). The minimum Gasteiger partial charge on any atom is -0.462 e. The third kappa shape index (κ3) is 6.54. The van der Waals surface area contributed by atoms with Crippen molar-refractivity contribution in [2.45, 2.75) is 50.1 Å². The van der Waals surface area contributed by atoms with E-state index in [2.05, 4.69) is 0 Å². The normalized spacial score (nSPS) is 13.1. The molecule has 0 spiro atoms. The molecule has 3 aromatic rings. The number of hydrogen-bond donors (Lipinski definition) is 0. The molecule has 0 bridgehead atoms. The van der Waals surface area contributed by atoms with Gasteiger partial charge in [-0.25, -0.2) is 9.18 Å². The highest BCUT2D eigenvalue weighted by atomic mass is 32.2. The Labute approximate surface area is 215 Å². The van der Waals surface area contributed by atoms with Crippen LogP contribution in [-0.2, 0) is 21.4 Å². The van der Waals surface area contributed by atoms with Crippen LogP contribution in [0.3, 0.4) is 0 Å². The van der Waals surface area contributed by atoms with Gasteiger partial charge in [0.05, 0.1) is 17.7 Å². The molecule has 37 heavy (non-hydrogen) atoms. The summed E-state index contributed by atoms with van der Waals surface area (Å²) in [7, 11) is -4.32. The Hall–Kier alpha value is -3.72. The van der Waals surface area contributed by atoms with Gasteiger partial charge < -0.3 is 13.8 Å². The van der Waals surface area contributed by atoms with Gasteiger partial charge in [-0.05, 0) is 61.2 Å². The molecule has 0 unspecified atom stereocenters. The summed E-state index contributed by atoms with van der Waals surface area (Å²) in [5.74, 6) is -1.63. The predicted octanol–water partition coefficient (Wildman–Crippen LogP) is 5.36. The number of hydrogen-bond acceptors (Lipinski definition) is 6. The molecule has 1 saturated carbocycles. The molecule has 0 aromatic heterocycles. The van der Waals surface area contributed by atoms with Gasteiger partial charge in [-0.1, -0.05) is 49.7 Å². The Balaban J connectivity index is 1.47. The molecule has 3 aromatic carbocycles. The van der Waals surface area contributed by atoms with Crippen molar-refractivity contribution >= 4 is 22.0 Å². The number of amides is 1. The number of carbonyl (C=O) groups excluding carboxylic acids is 2. The monoisotopic (exact) mass is 525 g/mol. The molecule has 9 heteroatoms. The second kappa shape index (κ2) is 11.6. The first-order valence-electron chi connectivity index (χ1n) is 12.1. The first-order chi connectivity index (χ1) is 17.8. The third-order valence-corrected chi connectivity index (χ3v) is 7.25. The quantitative estimate of drug-likeness (QED) is 0.190. The lowest BCUT2D eigenvalue weighted by atomic mass is 10.1. The lowest BCUT2D eigenvalue weighted by Crippen LogP contribution is -2.33. The van der Waals surface area contributed by atoms with Crippen LogP contribution in [0.5, 0.6) is 5.75 Å². The van der Waals surface area contributed by atoms with E-state index in [9.17, 15) is 22.4 Å². The third-order valence-electron chi connectivity index (χ3n) is 5.94. The molecule has 1 amide bonds. The SMILES string of the molecule is CCCCOC(=O)c1ccccc1S(=O)(=O)Oc1ccc(CN(C(=O)c2ccccc2F)C2CC2)cc1. The smallest absolute Gasteiger partial charge is 0.340 e. The van der Waals surface area contributed by atoms with Crippen molar-refractivity contribution in [1.29, 1.82) is 0 Å². The summed E-state index contributed by atoms with van der Waals surface area (Å²) in [5.41, 5.74) is 0.663. The Bertz CT molecular complexity index is 1370. The van der Waals surface area contributed by atoms with Crippen LogP contribution in [0.15, 0.2) is 77.7 Å². The van der Waals surface area contributed by atoms with E-state index in [-0.39, 0.29) is 46.9 Å². The topological polar surface area (TPSA) is 90.0 Å². The molecule has 194 valence electrons. The molecule has 0 heterocycles. The summed E-state index contributed by atoms with van der Waals surface area (Å²) in [6.45, 7) is 2.40. The average molecular weight is 526 g/mol. The van der Waals surface area contributed by atoms with Crippen LogP contribution in [0.2, 0.25) is 0 Å². The fraction of sp³-hybridized carbons (Fsp3) is 0.286. The van der Waals surface area contributed by atoms with Crippen LogP contribution in [0.1, 0.15) is 58.9 Å². The maximum absolute atomic E-state index is 14.2. The fourth-order valence-corrected chi connectivity index (χ4v) is 4.92. The number of halogens is 1. The van der Waals surface area contributed by atoms with Crippen LogP contribution in [0.25, 0.3) is 0 Å². The zero-order valence-electron chi connectivity index (χ0n) is 20.4. The van der Waals surface area contributed by atoms with Gasteiger partial charge in [-0.2, -0.15) is 8.42 Å². The molecular formula is C28H28FNO6S. The summed E-state index contributed by atoms with van der Waals surface area (Å²) in [5, 5.41) is 0. The Morgan fingerprint density at radius 2 is 1.59 bits per heavy atom. The molecule has 0 aliphatic heterocycles. The van der Waals surface area contributed by atoms with Gasteiger partial charge in [0.25, 0.3) is 5.91 Å². The lowest BCUT2D eigenvalue weighted by molar-refractivity contribution is 0.0494. The number of carbonyl (C=O) groups is 2. The summed E-state index contributed by atoms with van der Waals surface area (Å²) >= 11 is 0. The fourth-order valence-electron chi connectivity index (χ4n) is 3.80. The summed E-state index contributed by atoms with van der Waals surface area (Å²) in [6.07, 6.45) is 3.20. The number of unbranched alkanes of at least 4 members (excludes halogenated alkanes) is 1. The van der Waals surface area contributed by atoms with Gasteiger partial charge in [-0.15, -0.1) is 0 Å². The molecule has 0 atom stereocenters. The Morgan fingerprint density at radius 3 is 2.24 bits per heavy atom. The number of esters is 1. The first kappa shape index (κ1) is 26.3. The summed E-state index contributed by atoms with van der Waals surface area (Å²) < 4.78 is 50.6. The molecule has 0 saturated heterocycles. The van der Waals surface area contributed by atoms with E-state index in [4.69, 9.17) is 8.92 Å². The van der Waals surface area contributed by atoms with Crippen molar-refractivity contribution in [2.24, 2.45) is 0 Å². The Kier molecular flexibility index (Phi) is 8.23.